The van der Waals surface area contributed by atoms with Crippen LogP contribution in [0.5, 0.6) is 0 Å². The molecule has 0 bridgehead atoms. The van der Waals surface area contributed by atoms with Crippen molar-refractivity contribution in [2.24, 2.45) is 0 Å². The summed E-state index contributed by atoms with van der Waals surface area (Å²) in [7, 11) is 1.74. The Morgan fingerprint density at radius 3 is 2.69 bits per heavy atom. The van der Waals surface area contributed by atoms with E-state index >= 15 is 0 Å². The fourth-order valence-electron chi connectivity index (χ4n) is 5.01. The number of hydrogen-bond acceptors (Lipinski definition) is 6. The monoisotopic (exact) mass is 487 g/mol. The SMILES string of the molecule is COCCCN1CCc2ccc([C@@H](C)N(C(=O)[C@H]3CN(C(=O)OC(C)(C)C)CCO3)C3CC3)cc21. The van der Waals surface area contributed by atoms with Crippen molar-refractivity contribution >= 4 is 17.7 Å². The van der Waals surface area contributed by atoms with Gasteiger partial charge in [-0.1, -0.05) is 12.1 Å². The minimum Gasteiger partial charge on any atom is -0.444 e. The van der Waals surface area contributed by atoms with E-state index in [2.05, 4.69) is 30.0 Å². The topological polar surface area (TPSA) is 71.6 Å². The number of carbonyl (C=O) groups is 2. The molecule has 8 nitrogen and oxygen atoms in total. The second kappa shape index (κ2) is 10.7. The van der Waals surface area contributed by atoms with Crippen LogP contribution in [0.25, 0.3) is 0 Å². The van der Waals surface area contributed by atoms with Gasteiger partial charge in [0.05, 0.1) is 19.2 Å². The van der Waals surface area contributed by atoms with E-state index in [0.717, 1.165) is 50.9 Å². The van der Waals surface area contributed by atoms with Crippen LogP contribution >= 0.6 is 0 Å². The maximum Gasteiger partial charge on any atom is 0.410 e. The summed E-state index contributed by atoms with van der Waals surface area (Å²) in [6, 6.07) is 6.80. The Balaban J connectivity index is 1.47. The number of methoxy groups -OCH3 is 1. The van der Waals surface area contributed by atoms with Crippen molar-refractivity contribution < 1.29 is 23.8 Å². The highest BCUT2D eigenvalue weighted by molar-refractivity contribution is 5.83. The van der Waals surface area contributed by atoms with Gasteiger partial charge in [0.2, 0.25) is 0 Å². The van der Waals surface area contributed by atoms with Crippen molar-refractivity contribution in [1.29, 1.82) is 0 Å². The van der Waals surface area contributed by atoms with Gasteiger partial charge in [-0.15, -0.1) is 0 Å². The Kier molecular flexibility index (Phi) is 7.91. The Hall–Kier alpha value is -2.32. The Bertz CT molecular complexity index is 911. The molecule has 4 rings (SSSR count). The number of amides is 2. The molecule has 194 valence electrons. The fraction of sp³-hybridized carbons (Fsp3) is 0.704. The summed E-state index contributed by atoms with van der Waals surface area (Å²) in [4.78, 5) is 32.3. The first-order valence-corrected chi connectivity index (χ1v) is 13.0. The van der Waals surface area contributed by atoms with E-state index in [1.54, 1.807) is 12.0 Å². The second-order valence-electron chi connectivity index (χ2n) is 10.9. The normalized spacial score (nSPS) is 21.0. The summed E-state index contributed by atoms with van der Waals surface area (Å²) >= 11 is 0. The number of carbonyl (C=O) groups excluding carboxylic acids is 2. The zero-order valence-corrected chi connectivity index (χ0v) is 21.9. The van der Waals surface area contributed by atoms with Crippen molar-refractivity contribution in [3.63, 3.8) is 0 Å². The lowest BCUT2D eigenvalue weighted by molar-refractivity contribution is -0.151. The van der Waals surface area contributed by atoms with Crippen LogP contribution in [-0.2, 0) is 25.4 Å². The van der Waals surface area contributed by atoms with Gasteiger partial charge in [-0.25, -0.2) is 4.79 Å². The van der Waals surface area contributed by atoms with Crippen LogP contribution in [-0.4, -0.2) is 86.0 Å². The molecule has 2 amide bonds. The highest BCUT2D eigenvalue weighted by Gasteiger charge is 2.42. The lowest BCUT2D eigenvalue weighted by Crippen LogP contribution is -2.54. The third-order valence-corrected chi connectivity index (χ3v) is 6.97. The lowest BCUT2D eigenvalue weighted by Gasteiger charge is -2.38. The summed E-state index contributed by atoms with van der Waals surface area (Å²) in [5.74, 6) is -0.0364. The number of benzene rings is 1. The second-order valence-corrected chi connectivity index (χ2v) is 10.9. The van der Waals surface area contributed by atoms with Gasteiger partial charge < -0.3 is 28.9 Å². The average molecular weight is 488 g/mol. The maximum absolute atomic E-state index is 13.7. The Labute approximate surface area is 209 Å². The standard InChI is InChI=1S/C27H41N3O5/c1-19(21-8-7-20-11-13-28(23(20)17-21)12-6-15-33-5)30(22-9-10-22)25(31)24-18-29(14-16-34-24)26(32)35-27(2,3)4/h7-8,17,19,22,24H,6,9-16,18H2,1-5H3/t19-,24-/m1/s1. The molecule has 35 heavy (non-hydrogen) atoms. The minimum absolute atomic E-state index is 0.0364. The van der Waals surface area contributed by atoms with Gasteiger partial charge in [-0.3, -0.25) is 4.79 Å². The number of hydrogen-bond donors (Lipinski definition) is 0. The molecule has 0 aromatic heterocycles. The number of fused-ring (bicyclic) bond motifs is 1. The van der Waals surface area contributed by atoms with Gasteiger partial charge in [-0.2, -0.15) is 0 Å². The molecule has 0 radical (unpaired) electrons. The van der Waals surface area contributed by atoms with Crippen LogP contribution in [0, 0.1) is 0 Å². The zero-order chi connectivity index (χ0) is 25.2. The number of anilines is 1. The van der Waals surface area contributed by atoms with Gasteiger partial charge in [0.25, 0.3) is 5.91 Å². The van der Waals surface area contributed by atoms with Crippen LogP contribution < -0.4 is 4.90 Å². The van der Waals surface area contributed by atoms with Gasteiger partial charge in [0.15, 0.2) is 6.10 Å². The van der Waals surface area contributed by atoms with Crippen molar-refractivity contribution in [3.8, 4) is 0 Å². The van der Waals surface area contributed by atoms with E-state index in [4.69, 9.17) is 14.2 Å². The number of nitrogens with zero attached hydrogens (tertiary/aromatic N) is 3. The minimum atomic E-state index is -0.667. The highest BCUT2D eigenvalue weighted by Crippen LogP contribution is 2.38. The summed E-state index contributed by atoms with van der Waals surface area (Å²) in [5.41, 5.74) is 3.21. The molecular formula is C27H41N3O5. The number of morpholine rings is 1. The maximum atomic E-state index is 13.7. The molecule has 2 atom stereocenters. The molecule has 2 aliphatic heterocycles. The van der Waals surface area contributed by atoms with Crippen molar-refractivity contribution in [3.05, 3.63) is 29.3 Å². The molecule has 8 heteroatoms. The van der Waals surface area contributed by atoms with Crippen molar-refractivity contribution in [2.45, 2.75) is 77.2 Å². The summed E-state index contributed by atoms with van der Waals surface area (Å²) < 4.78 is 16.6. The molecule has 1 aromatic carbocycles. The molecule has 1 aliphatic carbocycles. The third kappa shape index (κ3) is 6.28. The van der Waals surface area contributed by atoms with Crippen LogP contribution in [0.3, 0.4) is 0 Å². The third-order valence-electron chi connectivity index (χ3n) is 6.97. The first kappa shape index (κ1) is 25.8. The fourth-order valence-corrected chi connectivity index (χ4v) is 5.01. The van der Waals surface area contributed by atoms with E-state index in [0.29, 0.717) is 13.2 Å². The average Bonchev–Trinajstić information content (AvgIpc) is 3.57. The first-order chi connectivity index (χ1) is 16.7. The van der Waals surface area contributed by atoms with Gasteiger partial charge in [0.1, 0.15) is 5.60 Å². The quantitative estimate of drug-likeness (QED) is 0.520. The molecule has 3 aliphatic rings. The van der Waals surface area contributed by atoms with Crippen molar-refractivity contribution in [2.75, 3.05) is 51.4 Å². The molecule has 0 spiro atoms. The molecular weight excluding hydrogens is 446 g/mol. The van der Waals surface area contributed by atoms with Gasteiger partial charge >= 0.3 is 6.09 Å². The number of ether oxygens (including phenoxy) is 3. The highest BCUT2D eigenvalue weighted by atomic mass is 16.6. The first-order valence-electron chi connectivity index (χ1n) is 13.0. The predicted octanol–water partition coefficient (Wildman–Crippen LogP) is 3.77. The van der Waals surface area contributed by atoms with Crippen LogP contribution in [0.15, 0.2) is 18.2 Å². The summed E-state index contributed by atoms with van der Waals surface area (Å²) in [5, 5.41) is 0. The Morgan fingerprint density at radius 1 is 1.23 bits per heavy atom. The van der Waals surface area contributed by atoms with Crippen LogP contribution in [0.1, 0.15) is 64.1 Å². The van der Waals surface area contributed by atoms with Crippen molar-refractivity contribution in [1.82, 2.24) is 9.80 Å². The van der Waals surface area contributed by atoms with Gasteiger partial charge in [-0.05, 0) is 70.6 Å². The van der Waals surface area contributed by atoms with E-state index in [9.17, 15) is 9.59 Å². The van der Waals surface area contributed by atoms with E-state index in [1.807, 2.05) is 25.7 Å². The van der Waals surface area contributed by atoms with Gasteiger partial charge in [0, 0.05) is 45.1 Å². The molecule has 2 fully saturated rings. The predicted molar refractivity (Wildman–Crippen MR) is 135 cm³/mol. The van der Waals surface area contributed by atoms with E-state index < -0.39 is 17.8 Å². The lowest BCUT2D eigenvalue weighted by atomic mass is 10.0. The largest absolute Gasteiger partial charge is 0.444 e. The van der Waals surface area contributed by atoms with E-state index in [-0.39, 0.29) is 24.5 Å². The van der Waals surface area contributed by atoms with E-state index in [1.165, 1.54) is 11.3 Å². The number of rotatable bonds is 8. The molecule has 1 saturated heterocycles. The Morgan fingerprint density at radius 2 is 2.00 bits per heavy atom. The molecule has 0 unspecified atom stereocenters. The summed E-state index contributed by atoms with van der Waals surface area (Å²) in [6.07, 6.45) is 3.00. The van der Waals surface area contributed by atoms with Crippen LogP contribution in [0.2, 0.25) is 0 Å². The molecule has 1 saturated carbocycles. The molecule has 1 aromatic rings. The molecule has 0 N–H and O–H groups in total. The zero-order valence-electron chi connectivity index (χ0n) is 21.9. The molecule has 2 heterocycles. The van der Waals surface area contributed by atoms with Crippen LogP contribution in [0.4, 0.5) is 10.5 Å². The summed E-state index contributed by atoms with van der Waals surface area (Å²) in [6.45, 7) is 11.4. The smallest absolute Gasteiger partial charge is 0.410 e.